The second-order valence-electron chi connectivity index (χ2n) is 2.81. The van der Waals surface area contributed by atoms with Crippen LogP contribution < -0.4 is 0 Å². The Morgan fingerprint density at radius 1 is 1.60 bits per heavy atom. The molecular formula is C9H8BrF2NO2. The van der Waals surface area contributed by atoms with Gasteiger partial charge in [0.05, 0.1) is 11.6 Å². The molecule has 0 amide bonds. The highest BCUT2D eigenvalue weighted by Gasteiger charge is 2.19. The maximum atomic E-state index is 12.5. The molecule has 0 N–H and O–H groups in total. The molecule has 0 spiro atoms. The molecule has 1 aromatic heterocycles. The van der Waals surface area contributed by atoms with E-state index in [4.69, 9.17) is 0 Å². The monoisotopic (exact) mass is 279 g/mol. The van der Waals surface area contributed by atoms with Crippen LogP contribution in [0.4, 0.5) is 8.78 Å². The van der Waals surface area contributed by atoms with E-state index in [1.807, 2.05) is 0 Å². The number of ether oxygens (including phenoxy) is 1. The van der Waals surface area contributed by atoms with Crippen LogP contribution in [0.3, 0.4) is 0 Å². The summed E-state index contributed by atoms with van der Waals surface area (Å²) in [5, 5.41) is 0. The molecule has 0 saturated heterocycles. The zero-order chi connectivity index (χ0) is 11.6. The van der Waals surface area contributed by atoms with E-state index in [0.717, 1.165) is 0 Å². The number of halogens is 3. The summed E-state index contributed by atoms with van der Waals surface area (Å²) in [6.45, 7) is 1.50. The second-order valence-corrected chi connectivity index (χ2v) is 3.67. The van der Waals surface area contributed by atoms with Crippen molar-refractivity contribution in [2.45, 2.75) is 13.3 Å². The Morgan fingerprint density at radius 2 is 2.20 bits per heavy atom. The normalized spacial score (nSPS) is 10.5. The summed E-state index contributed by atoms with van der Waals surface area (Å²) >= 11 is 3.06. The predicted octanol–water partition coefficient (Wildman–Crippen LogP) is 2.88. The predicted molar refractivity (Wildman–Crippen MR) is 53.0 cm³/mol. The van der Waals surface area contributed by atoms with Gasteiger partial charge < -0.3 is 4.74 Å². The number of aryl methyl sites for hydroxylation is 1. The molecule has 0 fully saturated rings. The van der Waals surface area contributed by atoms with Crippen molar-refractivity contribution in [3.8, 4) is 0 Å². The van der Waals surface area contributed by atoms with Gasteiger partial charge in [-0.2, -0.15) is 0 Å². The minimum Gasteiger partial charge on any atom is -0.464 e. The molecule has 1 heterocycles. The van der Waals surface area contributed by atoms with Gasteiger partial charge in [-0.3, -0.25) is 0 Å². The van der Waals surface area contributed by atoms with E-state index in [9.17, 15) is 13.6 Å². The maximum Gasteiger partial charge on any atom is 0.357 e. The van der Waals surface area contributed by atoms with Crippen molar-refractivity contribution in [2.75, 3.05) is 7.11 Å². The molecule has 6 heteroatoms. The Morgan fingerprint density at radius 3 is 2.67 bits per heavy atom. The number of esters is 1. The van der Waals surface area contributed by atoms with Crippen LogP contribution in [0.15, 0.2) is 10.5 Å². The molecule has 0 atom stereocenters. The summed E-state index contributed by atoms with van der Waals surface area (Å²) in [5.74, 6) is -0.747. The van der Waals surface area contributed by atoms with Crippen LogP contribution in [0.25, 0.3) is 0 Å². The van der Waals surface area contributed by atoms with Gasteiger partial charge in [-0.1, -0.05) is 0 Å². The van der Waals surface area contributed by atoms with Gasteiger partial charge in [-0.05, 0) is 34.5 Å². The number of carbonyl (C=O) groups is 1. The Hall–Kier alpha value is -1.04. The Balaban J connectivity index is 3.29. The number of carbonyl (C=O) groups excluding carboxylic acids is 1. The fourth-order valence-electron chi connectivity index (χ4n) is 1.06. The van der Waals surface area contributed by atoms with Gasteiger partial charge in [-0.25, -0.2) is 18.6 Å². The van der Waals surface area contributed by atoms with Gasteiger partial charge >= 0.3 is 5.97 Å². The number of alkyl halides is 2. The number of hydrogen-bond donors (Lipinski definition) is 0. The summed E-state index contributed by atoms with van der Waals surface area (Å²) in [7, 11) is 1.17. The van der Waals surface area contributed by atoms with Crippen molar-refractivity contribution in [2.24, 2.45) is 0 Å². The molecule has 0 aliphatic rings. The fraction of sp³-hybridized carbons (Fsp3) is 0.333. The van der Waals surface area contributed by atoms with Gasteiger partial charge in [0, 0.05) is 0 Å². The number of pyridine rings is 1. The lowest BCUT2D eigenvalue weighted by Gasteiger charge is -2.07. The van der Waals surface area contributed by atoms with Crippen LogP contribution in [-0.2, 0) is 4.74 Å². The number of hydrogen-bond acceptors (Lipinski definition) is 3. The summed E-state index contributed by atoms with van der Waals surface area (Å²) < 4.78 is 29.7. The van der Waals surface area contributed by atoms with Gasteiger partial charge in [0.15, 0.2) is 5.69 Å². The minimum absolute atomic E-state index is 0.140. The highest BCUT2D eigenvalue weighted by molar-refractivity contribution is 9.10. The van der Waals surface area contributed by atoms with Crippen molar-refractivity contribution in [1.82, 2.24) is 4.98 Å². The van der Waals surface area contributed by atoms with Crippen LogP contribution in [0.2, 0.25) is 0 Å². The topological polar surface area (TPSA) is 39.2 Å². The second kappa shape index (κ2) is 4.65. The summed E-state index contributed by atoms with van der Waals surface area (Å²) in [6, 6.07) is 1.42. The molecule has 0 aromatic carbocycles. The van der Waals surface area contributed by atoms with Gasteiger partial charge in [-0.15, -0.1) is 0 Å². The summed E-state index contributed by atoms with van der Waals surface area (Å²) in [6.07, 6.45) is -2.71. The zero-order valence-corrected chi connectivity index (χ0v) is 9.64. The first-order valence-electron chi connectivity index (χ1n) is 4.01. The van der Waals surface area contributed by atoms with Crippen LogP contribution in [0, 0.1) is 6.92 Å². The molecule has 15 heavy (non-hydrogen) atoms. The molecule has 0 aliphatic carbocycles. The number of nitrogens with zero attached hydrogens (tertiary/aromatic N) is 1. The average Bonchev–Trinajstić information content (AvgIpc) is 2.16. The highest BCUT2D eigenvalue weighted by atomic mass is 79.9. The van der Waals surface area contributed by atoms with Crippen LogP contribution in [0.5, 0.6) is 0 Å². The standard InChI is InChI=1S/C9H8BrF2NO2/c1-4-3-5(10)7(9(14)15-2)13-6(4)8(11)12/h3,8H,1-2H3. The maximum absolute atomic E-state index is 12.5. The molecule has 1 aromatic rings. The van der Waals surface area contributed by atoms with E-state index < -0.39 is 18.1 Å². The van der Waals surface area contributed by atoms with Crippen molar-refractivity contribution in [1.29, 1.82) is 0 Å². The fourth-order valence-corrected chi connectivity index (χ4v) is 1.65. The Labute approximate surface area is 93.6 Å². The smallest absolute Gasteiger partial charge is 0.357 e. The zero-order valence-electron chi connectivity index (χ0n) is 8.05. The van der Waals surface area contributed by atoms with Gasteiger partial charge in [0.2, 0.25) is 0 Å². The van der Waals surface area contributed by atoms with E-state index in [2.05, 4.69) is 25.7 Å². The average molecular weight is 280 g/mol. The first-order chi connectivity index (χ1) is 6.97. The summed E-state index contributed by atoms with van der Waals surface area (Å²) in [4.78, 5) is 14.7. The Bertz CT molecular complexity index is 396. The molecular weight excluding hydrogens is 272 g/mol. The third-order valence-corrected chi connectivity index (χ3v) is 2.40. The number of aromatic nitrogens is 1. The number of rotatable bonds is 2. The van der Waals surface area contributed by atoms with Gasteiger partial charge in [0.25, 0.3) is 6.43 Å². The molecule has 0 bridgehead atoms. The third kappa shape index (κ3) is 2.50. The van der Waals surface area contributed by atoms with Crippen molar-refractivity contribution >= 4 is 21.9 Å². The number of methoxy groups -OCH3 is 1. The molecule has 82 valence electrons. The minimum atomic E-state index is -2.71. The van der Waals surface area contributed by atoms with E-state index >= 15 is 0 Å². The quantitative estimate of drug-likeness (QED) is 0.782. The third-order valence-electron chi connectivity index (χ3n) is 1.79. The van der Waals surface area contributed by atoms with E-state index in [0.29, 0.717) is 10.0 Å². The molecule has 1 rings (SSSR count). The van der Waals surface area contributed by atoms with Crippen LogP contribution >= 0.6 is 15.9 Å². The lowest BCUT2D eigenvalue weighted by atomic mass is 10.2. The molecule has 0 saturated carbocycles. The molecule has 0 aliphatic heterocycles. The van der Waals surface area contributed by atoms with Crippen LogP contribution in [-0.4, -0.2) is 18.1 Å². The van der Waals surface area contributed by atoms with Crippen molar-refractivity contribution in [3.05, 3.63) is 27.5 Å². The van der Waals surface area contributed by atoms with Crippen LogP contribution in [0.1, 0.15) is 28.2 Å². The molecule has 3 nitrogen and oxygen atoms in total. The lowest BCUT2D eigenvalue weighted by molar-refractivity contribution is 0.0591. The molecule has 0 unspecified atom stereocenters. The Kier molecular flexibility index (Phi) is 3.73. The largest absolute Gasteiger partial charge is 0.464 e. The lowest BCUT2D eigenvalue weighted by Crippen LogP contribution is -2.09. The van der Waals surface area contributed by atoms with E-state index in [1.165, 1.54) is 20.1 Å². The molecule has 0 radical (unpaired) electrons. The van der Waals surface area contributed by atoms with E-state index in [-0.39, 0.29) is 5.69 Å². The van der Waals surface area contributed by atoms with E-state index in [1.54, 1.807) is 0 Å². The first-order valence-corrected chi connectivity index (χ1v) is 4.80. The summed E-state index contributed by atoms with van der Waals surface area (Å²) in [5.41, 5.74) is -0.221. The first kappa shape index (κ1) is 12.0. The van der Waals surface area contributed by atoms with Crippen molar-refractivity contribution < 1.29 is 18.3 Å². The van der Waals surface area contributed by atoms with Gasteiger partial charge in [0.1, 0.15) is 5.69 Å². The highest BCUT2D eigenvalue weighted by Crippen LogP contribution is 2.25. The van der Waals surface area contributed by atoms with Crippen molar-refractivity contribution in [3.63, 3.8) is 0 Å². The SMILES string of the molecule is COC(=O)c1nc(C(F)F)c(C)cc1Br.